The highest BCUT2D eigenvalue weighted by Crippen LogP contribution is 2.14. The lowest BCUT2D eigenvalue weighted by molar-refractivity contribution is 0.669. The summed E-state index contributed by atoms with van der Waals surface area (Å²) in [5, 5.41) is 10.1. The quantitative estimate of drug-likeness (QED) is 0.792. The summed E-state index contributed by atoms with van der Waals surface area (Å²) in [4.78, 5) is 4.10. The van der Waals surface area contributed by atoms with Crippen LogP contribution in [-0.2, 0) is 13.0 Å². The maximum Gasteiger partial charge on any atom is 0.137 e. The lowest BCUT2D eigenvalue weighted by Gasteiger charge is -2.10. The molecular weight excluding hydrogens is 224 g/mol. The summed E-state index contributed by atoms with van der Waals surface area (Å²) in [5.74, 6) is 0.930. The molecule has 0 spiro atoms. The smallest absolute Gasteiger partial charge is 0.137 e. The molecule has 0 bridgehead atoms. The summed E-state index contributed by atoms with van der Waals surface area (Å²) in [6.45, 7) is 8.29. The Morgan fingerprint density at radius 1 is 1.11 bits per heavy atom. The van der Waals surface area contributed by atoms with Gasteiger partial charge in [0.2, 0.25) is 0 Å². The van der Waals surface area contributed by atoms with Crippen LogP contribution in [0.2, 0.25) is 0 Å². The van der Waals surface area contributed by atoms with Gasteiger partial charge in [-0.1, -0.05) is 12.1 Å². The van der Waals surface area contributed by atoms with Crippen LogP contribution in [0.25, 0.3) is 0 Å². The highest BCUT2D eigenvalue weighted by Gasteiger charge is 2.02. The lowest BCUT2D eigenvalue weighted by atomic mass is 10.0. The molecule has 18 heavy (non-hydrogen) atoms. The van der Waals surface area contributed by atoms with Crippen molar-refractivity contribution in [3.05, 3.63) is 46.5 Å². The molecule has 2 rings (SSSR count). The van der Waals surface area contributed by atoms with Gasteiger partial charge in [0.1, 0.15) is 12.2 Å². The third-order valence-electron chi connectivity index (χ3n) is 3.27. The van der Waals surface area contributed by atoms with Crippen LogP contribution in [0.15, 0.2) is 18.5 Å². The molecule has 0 aliphatic heterocycles. The number of aromatic nitrogens is 3. The second-order valence-electron chi connectivity index (χ2n) is 4.72. The summed E-state index contributed by atoms with van der Waals surface area (Å²) in [7, 11) is 0. The molecular formula is C14H20N4. The molecule has 4 heteroatoms. The highest BCUT2D eigenvalue weighted by molar-refractivity contribution is 5.36. The molecule has 0 saturated carbocycles. The van der Waals surface area contributed by atoms with Gasteiger partial charge in [-0.2, -0.15) is 5.10 Å². The van der Waals surface area contributed by atoms with Crippen LogP contribution in [0.3, 0.4) is 0 Å². The Morgan fingerprint density at radius 3 is 2.61 bits per heavy atom. The molecule has 0 radical (unpaired) electrons. The van der Waals surface area contributed by atoms with Crippen LogP contribution in [0, 0.1) is 20.8 Å². The standard InChI is InChI=1S/C14H20N4/c1-10-6-12(3)13(7-11(10)2)8-15-5-4-14-16-9-17-18-14/h6-7,9,15H,4-5,8H2,1-3H3,(H,16,17,18). The molecule has 2 N–H and O–H groups in total. The number of hydrogen-bond acceptors (Lipinski definition) is 3. The van der Waals surface area contributed by atoms with Gasteiger partial charge in [-0.25, -0.2) is 4.98 Å². The topological polar surface area (TPSA) is 53.6 Å². The van der Waals surface area contributed by atoms with E-state index in [2.05, 4.69) is 53.4 Å². The predicted molar refractivity (Wildman–Crippen MR) is 72.4 cm³/mol. The maximum atomic E-state index is 4.10. The van der Waals surface area contributed by atoms with Crippen molar-refractivity contribution in [3.63, 3.8) is 0 Å². The van der Waals surface area contributed by atoms with E-state index in [1.54, 1.807) is 6.33 Å². The first-order chi connectivity index (χ1) is 8.66. The first-order valence-electron chi connectivity index (χ1n) is 6.28. The second-order valence-corrected chi connectivity index (χ2v) is 4.72. The van der Waals surface area contributed by atoms with Gasteiger partial charge in [-0.05, 0) is 43.0 Å². The fraction of sp³-hybridized carbons (Fsp3) is 0.429. The van der Waals surface area contributed by atoms with Gasteiger partial charge in [0, 0.05) is 19.5 Å². The van der Waals surface area contributed by atoms with E-state index in [-0.39, 0.29) is 0 Å². The van der Waals surface area contributed by atoms with Crippen molar-refractivity contribution in [3.8, 4) is 0 Å². The van der Waals surface area contributed by atoms with E-state index < -0.39 is 0 Å². The predicted octanol–water partition coefficient (Wildman–Crippen LogP) is 2.06. The van der Waals surface area contributed by atoms with Gasteiger partial charge in [0.25, 0.3) is 0 Å². The van der Waals surface area contributed by atoms with Crippen LogP contribution in [-0.4, -0.2) is 21.7 Å². The normalized spacial score (nSPS) is 10.8. The Bertz CT molecular complexity index is 503. The zero-order chi connectivity index (χ0) is 13.0. The minimum Gasteiger partial charge on any atom is -0.312 e. The number of benzene rings is 1. The minimum absolute atomic E-state index is 0.879. The summed E-state index contributed by atoms with van der Waals surface area (Å²) >= 11 is 0. The molecule has 96 valence electrons. The van der Waals surface area contributed by atoms with Crippen molar-refractivity contribution >= 4 is 0 Å². The molecule has 0 atom stereocenters. The summed E-state index contributed by atoms with van der Waals surface area (Å²) in [6.07, 6.45) is 2.42. The van der Waals surface area contributed by atoms with E-state index in [4.69, 9.17) is 0 Å². The van der Waals surface area contributed by atoms with Crippen molar-refractivity contribution in [2.45, 2.75) is 33.7 Å². The SMILES string of the molecule is Cc1cc(C)c(CNCCc2ncn[nH]2)cc1C. The molecule has 0 unspecified atom stereocenters. The van der Waals surface area contributed by atoms with Gasteiger partial charge in [-0.15, -0.1) is 0 Å². The Kier molecular flexibility index (Phi) is 4.10. The van der Waals surface area contributed by atoms with Crippen LogP contribution in [0.1, 0.15) is 28.1 Å². The molecule has 1 heterocycles. The average molecular weight is 244 g/mol. The monoisotopic (exact) mass is 244 g/mol. The highest BCUT2D eigenvalue weighted by atomic mass is 15.2. The van der Waals surface area contributed by atoms with Crippen molar-refractivity contribution in [2.75, 3.05) is 6.54 Å². The van der Waals surface area contributed by atoms with E-state index in [0.717, 1.165) is 25.3 Å². The first-order valence-corrected chi connectivity index (χ1v) is 6.28. The van der Waals surface area contributed by atoms with E-state index >= 15 is 0 Å². The van der Waals surface area contributed by atoms with Crippen molar-refractivity contribution in [1.29, 1.82) is 0 Å². The van der Waals surface area contributed by atoms with Crippen LogP contribution in [0.5, 0.6) is 0 Å². The van der Waals surface area contributed by atoms with E-state index in [1.165, 1.54) is 22.3 Å². The van der Waals surface area contributed by atoms with Crippen LogP contribution < -0.4 is 5.32 Å². The number of H-pyrrole nitrogens is 1. The molecule has 1 aromatic heterocycles. The van der Waals surface area contributed by atoms with Crippen LogP contribution in [0.4, 0.5) is 0 Å². The van der Waals surface area contributed by atoms with Crippen LogP contribution >= 0.6 is 0 Å². The summed E-state index contributed by atoms with van der Waals surface area (Å²) in [6, 6.07) is 4.52. The van der Waals surface area contributed by atoms with Gasteiger partial charge < -0.3 is 5.32 Å². The number of nitrogens with zero attached hydrogens (tertiary/aromatic N) is 2. The summed E-state index contributed by atoms with van der Waals surface area (Å²) < 4.78 is 0. The van der Waals surface area contributed by atoms with Crippen molar-refractivity contribution < 1.29 is 0 Å². The number of rotatable bonds is 5. The van der Waals surface area contributed by atoms with E-state index in [1.807, 2.05) is 0 Å². The number of nitrogens with one attached hydrogen (secondary N) is 2. The Morgan fingerprint density at radius 2 is 1.89 bits per heavy atom. The summed E-state index contributed by atoms with van der Waals surface area (Å²) in [5.41, 5.74) is 5.44. The Balaban J connectivity index is 1.85. The fourth-order valence-electron chi connectivity index (χ4n) is 1.99. The molecule has 4 nitrogen and oxygen atoms in total. The van der Waals surface area contributed by atoms with Gasteiger partial charge in [0.05, 0.1) is 0 Å². The second kappa shape index (κ2) is 5.78. The number of aromatic amines is 1. The third kappa shape index (κ3) is 3.17. The average Bonchev–Trinajstić information content (AvgIpc) is 2.84. The van der Waals surface area contributed by atoms with E-state index in [9.17, 15) is 0 Å². The molecule has 0 aliphatic carbocycles. The minimum atomic E-state index is 0.879. The van der Waals surface area contributed by atoms with Gasteiger partial charge in [0.15, 0.2) is 0 Å². The van der Waals surface area contributed by atoms with Crippen molar-refractivity contribution in [1.82, 2.24) is 20.5 Å². The lowest BCUT2D eigenvalue weighted by Crippen LogP contribution is -2.18. The van der Waals surface area contributed by atoms with Gasteiger partial charge >= 0.3 is 0 Å². The molecule has 0 fully saturated rings. The molecule has 1 aromatic carbocycles. The number of aryl methyl sites for hydroxylation is 3. The fourth-order valence-corrected chi connectivity index (χ4v) is 1.99. The largest absolute Gasteiger partial charge is 0.312 e. The third-order valence-corrected chi connectivity index (χ3v) is 3.27. The Hall–Kier alpha value is -1.68. The zero-order valence-corrected chi connectivity index (χ0v) is 11.2. The van der Waals surface area contributed by atoms with Gasteiger partial charge in [-0.3, -0.25) is 5.10 Å². The molecule has 0 aliphatic rings. The molecule has 0 amide bonds. The zero-order valence-electron chi connectivity index (χ0n) is 11.2. The molecule has 0 saturated heterocycles. The molecule has 2 aromatic rings. The van der Waals surface area contributed by atoms with Crippen molar-refractivity contribution in [2.24, 2.45) is 0 Å². The maximum absolute atomic E-state index is 4.10. The Labute approximate surface area is 108 Å². The first kappa shape index (κ1) is 12.8. The van der Waals surface area contributed by atoms with E-state index in [0.29, 0.717) is 0 Å². The number of hydrogen-bond donors (Lipinski definition) is 2.